The fourth-order valence-electron chi connectivity index (χ4n) is 4.03. The average molecular weight is 248 g/mol. The van der Waals surface area contributed by atoms with Crippen molar-refractivity contribution >= 4 is 0 Å². The van der Waals surface area contributed by atoms with E-state index in [9.17, 15) is 5.11 Å². The Hall–Kier alpha value is -0.830. The maximum absolute atomic E-state index is 10.5. The molecule has 100 valence electrons. The van der Waals surface area contributed by atoms with Crippen LogP contribution in [0.25, 0.3) is 0 Å². The quantitative estimate of drug-likeness (QED) is 0.873. The number of aliphatic hydroxyl groups excluding tert-OH is 1. The summed E-state index contributed by atoms with van der Waals surface area (Å²) < 4.78 is 1.78. The van der Waals surface area contributed by atoms with Crippen molar-refractivity contribution in [1.29, 1.82) is 0 Å². The maximum atomic E-state index is 10.5. The highest BCUT2D eigenvalue weighted by molar-refractivity contribution is 5.05. The molecular weight excluding hydrogens is 224 g/mol. The van der Waals surface area contributed by atoms with Crippen molar-refractivity contribution < 1.29 is 5.11 Å². The third-order valence-electron chi connectivity index (χ3n) is 5.06. The van der Waals surface area contributed by atoms with Crippen LogP contribution in [0.2, 0.25) is 0 Å². The lowest BCUT2D eigenvalue weighted by molar-refractivity contribution is 0.0323. The monoisotopic (exact) mass is 248 g/mol. The molecule has 2 aliphatic carbocycles. The van der Waals surface area contributed by atoms with Crippen molar-refractivity contribution in [2.24, 2.45) is 24.8 Å². The number of rotatable bonds is 2. The molecule has 1 heterocycles. The van der Waals surface area contributed by atoms with Gasteiger partial charge in [0.25, 0.3) is 0 Å². The molecule has 3 heteroatoms. The van der Waals surface area contributed by atoms with E-state index in [0.29, 0.717) is 5.92 Å². The second-order valence-corrected chi connectivity index (χ2v) is 6.24. The molecule has 4 unspecified atom stereocenters. The first kappa shape index (κ1) is 12.2. The van der Waals surface area contributed by atoms with Crippen molar-refractivity contribution in [3.05, 3.63) is 18.0 Å². The van der Waals surface area contributed by atoms with Gasteiger partial charge in [-0.15, -0.1) is 0 Å². The van der Waals surface area contributed by atoms with Crippen LogP contribution < -0.4 is 0 Å². The van der Waals surface area contributed by atoms with Gasteiger partial charge in [-0.2, -0.15) is 5.10 Å². The summed E-state index contributed by atoms with van der Waals surface area (Å²) in [6.07, 6.45) is 10.9. The minimum atomic E-state index is -0.353. The van der Waals surface area contributed by atoms with Gasteiger partial charge in [0.05, 0.1) is 5.69 Å². The molecule has 18 heavy (non-hydrogen) atoms. The third-order valence-corrected chi connectivity index (χ3v) is 5.06. The standard InChI is InChI=1S/C15H24N2O/c1-17-9-8-14(16-17)15(18)13-7-6-11-4-2-3-5-12(11)10-13/h8-9,11-13,15,18H,2-7,10H2,1H3. The minimum Gasteiger partial charge on any atom is -0.386 e. The Kier molecular flexibility index (Phi) is 3.42. The molecule has 2 saturated carbocycles. The summed E-state index contributed by atoms with van der Waals surface area (Å²) in [6, 6.07) is 1.96. The van der Waals surface area contributed by atoms with E-state index in [4.69, 9.17) is 0 Å². The maximum Gasteiger partial charge on any atom is 0.101 e. The van der Waals surface area contributed by atoms with Gasteiger partial charge in [0.15, 0.2) is 0 Å². The lowest BCUT2D eigenvalue weighted by Crippen LogP contribution is -2.30. The molecular formula is C15H24N2O. The number of nitrogens with zero attached hydrogens (tertiary/aromatic N) is 2. The Morgan fingerprint density at radius 2 is 2.00 bits per heavy atom. The summed E-state index contributed by atoms with van der Waals surface area (Å²) in [7, 11) is 1.91. The van der Waals surface area contributed by atoms with Crippen LogP contribution in [0.4, 0.5) is 0 Å². The molecule has 2 aliphatic rings. The van der Waals surface area contributed by atoms with Crippen LogP contribution >= 0.6 is 0 Å². The average Bonchev–Trinajstić information content (AvgIpc) is 2.84. The van der Waals surface area contributed by atoms with Crippen molar-refractivity contribution in [3.8, 4) is 0 Å². The van der Waals surface area contributed by atoms with Crippen LogP contribution in [0.5, 0.6) is 0 Å². The topological polar surface area (TPSA) is 38.0 Å². The van der Waals surface area contributed by atoms with E-state index >= 15 is 0 Å². The number of aryl methyl sites for hydroxylation is 1. The van der Waals surface area contributed by atoms with Crippen molar-refractivity contribution in [2.45, 2.75) is 51.0 Å². The van der Waals surface area contributed by atoms with Crippen LogP contribution in [0.3, 0.4) is 0 Å². The van der Waals surface area contributed by atoms with Crippen molar-refractivity contribution in [3.63, 3.8) is 0 Å². The van der Waals surface area contributed by atoms with Crippen LogP contribution in [0, 0.1) is 17.8 Å². The molecule has 0 bridgehead atoms. The van der Waals surface area contributed by atoms with Gasteiger partial charge in [-0.05, 0) is 43.1 Å². The molecule has 4 atom stereocenters. The number of hydrogen-bond acceptors (Lipinski definition) is 2. The highest BCUT2D eigenvalue weighted by Gasteiger charge is 2.35. The van der Waals surface area contributed by atoms with E-state index < -0.39 is 0 Å². The molecule has 3 nitrogen and oxygen atoms in total. The van der Waals surface area contributed by atoms with Gasteiger partial charge in [0, 0.05) is 13.2 Å². The molecule has 1 N–H and O–H groups in total. The Balaban J connectivity index is 1.66. The SMILES string of the molecule is Cn1ccc(C(O)C2CCC3CCCCC3C2)n1. The smallest absolute Gasteiger partial charge is 0.101 e. The lowest BCUT2D eigenvalue weighted by atomic mass is 9.66. The van der Waals surface area contributed by atoms with E-state index in [1.54, 1.807) is 4.68 Å². The summed E-state index contributed by atoms with van der Waals surface area (Å²) in [5.74, 6) is 2.25. The predicted molar refractivity (Wildman–Crippen MR) is 71.0 cm³/mol. The highest BCUT2D eigenvalue weighted by Crippen LogP contribution is 2.45. The third kappa shape index (κ3) is 2.33. The van der Waals surface area contributed by atoms with Crippen LogP contribution in [-0.2, 0) is 7.05 Å². The molecule has 3 rings (SSSR count). The van der Waals surface area contributed by atoms with E-state index in [-0.39, 0.29) is 6.10 Å². The molecule has 0 amide bonds. The molecule has 0 aliphatic heterocycles. The van der Waals surface area contributed by atoms with E-state index in [1.807, 2.05) is 19.3 Å². The van der Waals surface area contributed by atoms with E-state index in [0.717, 1.165) is 17.5 Å². The van der Waals surface area contributed by atoms with Crippen LogP contribution in [0.1, 0.15) is 56.7 Å². The molecule has 2 fully saturated rings. The fraction of sp³-hybridized carbons (Fsp3) is 0.800. The fourth-order valence-corrected chi connectivity index (χ4v) is 4.03. The van der Waals surface area contributed by atoms with Gasteiger partial charge >= 0.3 is 0 Å². The zero-order chi connectivity index (χ0) is 12.5. The summed E-state index contributed by atoms with van der Waals surface area (Å²) in [4.78, 5) is 0. The Bertz CT molecular complexity index is 401. The predicted octanol–water partition coefficient (Wildman–Crippen LogP) is 3.06. The van der Waals surface area contributed by atoms with Crippen LogP contribution in [-0.4, -0.2) is 14.9 Å². The molecule has 0 aromatic carbocycles. The van der Waals surface area contributed by atoms with Gasteiger partial charge in [-0.3, -0.25) is 4.68 Å². The van der Waals surface area contributed by atoms with Gasteiger partial charge in [0.2, 0.25) is 0 Å². The zero-order valence-corrected chi connectivity index (χ0v) is 11.3. The first-order valence-electron chi connectivity index (χ1n) is 7.41. The Morgan fingerprint density at radius 1 is 1.22 bits per heavy atom. The second kappa shape index (κ2) is 5.04. The normalized spacial score (nSPS) is 34.0. The first-order chi connectivity index (χ1) is 8.74. The summed E-state index contributed by atoms with van der Waals surface area (Å²) in [5.41, 5.74) is 0.858. The summed E-state index contributed by atoms with van der Waals surface area (Å²) in [5, 5.41) is 14.8. The lowest BCUT2D eigenvalue weighted by Gasteiger charge is -2.40. The number of hydrogen-bond donors (Lipinski definition) is 1. The van der Waals surface area contributed by atoms with Crippen LogP contribution in [0.15, 0.2) is 12.3 Å². The Labute approximate surface area is 109 Å². The van der Waals surface area contributed by atoms with Gasteiger partial charge < -0.3 is 5.11 Å². The van der Waals surface area contributed by atoms with Gasteiger partial charge in [-0.25, -0.2) is 0 Å². The number of fused-ring (bicyclic) bond motifs is 1. The molecule has 1 aromatic rings. The Morgan fingerprint density at radius 3 is 2.72 bits per heavy atom. The first-order valence-corrected chi connectivity index (χ1v) is 7.41. The molecule has 0 radical (unpaired) electrons. The minimum absolute atomic E-state index is 0.353. The number of aliphatic hydroxyl groups is 1. The second-order valence-electron chi connectivity index (χ2n) is 6.24. The van der Waals surface area contributed by atoms with Gasteiger partial charge in [-0.1, -0.05) is 25.7 Å². The van der Waals surface area contributed by atoms with E-state index in [2.05, 4.69) is 5.10 Å². The zero-order valence-electron chi connectivity index (χ0n) is 11.3. The largest absolute Gasteiger partial charge is 0.386 e. The van der Waals surface area contributed by atoms with Gasteiger partial charge in [0.1, 0.15) is 6.10 Å². The molecule has 0 spiro atoms. The summed E-state index contributed by atoms with van der Waals surface area (Å²) in [6.45, 7) is 0. The molecule has 0 saturated heterocycles. The highest BCUT2D eigenvalue weighted by atomic mass is 16.3. The van der Waals surface area contributed by atoms with Crippen molar-refractivity contribution in [2.75, 3.05) is 0 Å². The number of aromatic nitrogens is 2. The summed E-state index contributed by atoms with van der Waals surface area (Å²) >= 11 is 0. The van der Waals surface area contributed by atoms with Crippen molar-refractivity contribution in [1.82, 2.24) is 9.78 Å². The van der Waals surface area contributed by atoms with E-state index in [1.165, 1.54) is 44.9 Å². The molecule has 1 aromatic heterocycles.